The topological polar surface area (TPSA) is 60.0 Å². The van der Waals surface area contributed by atoms with E-state index in [4.69, 9.17) is 14.2 Å². The molecule has 0 aromatic heterocycles. The van der Waals surface area contributed by atoms with Crippen LogP contribution in [-0.4, -0.2) is 51.7 Å². The highest BCUT2D eigenvalue weighted by molar-refractivity contribution is 5.27. The van der Waals surface area contributed by atoms with Gasteiger partial charge >= 0.3 is 0 Å². The van der Waals surface area contributed by atoms with E-state index in [-0.39, 0.29) is 0 Å². The van der Waals surface area contributed by atoms with Crippen molar-refractivity contribution in [2.45, 2.75) is 12.7 Å². The highest BCUT2D eigenvalue weighted by Gasteiger charge is 2.04. The van der Waals surface area contributed by atoms with Crippen LogP contribution < -0.4 is 10.1 Å². The molecule has 0 fully saturated rings. The molecule has 0 bridgehead atoms. The van der Waals surface area contributed by atoms with Crippen LogP contribution in [0.2, 0.25) is 0 Å². The third-order valence-corrected chi connectivity index (χ3v) is 2.58. The van der Waals surface area contributed by atoms with Crippen LogP contribution >= 0.6 is 0 Å². The van der Waals surface area contributed by atoms with Gasteiger partial charge in [-0.1, -0.05) is 12.1 Å². The molecule has 0 aliphatic rings. The van der Waals surface area contributed by atoms with Gasteiger partial charge in [0, 0.05) is 20.2 Å². The van der Waals surface area contributed by atoms with Crippen LogP contribution in [0, 0.1) is 0 Å². The summed E-state index contributed by atoms with van der Waals surface area (Å²) < 4.78 is 15.5. The van der Waals surface area contributed by atoms with Crippen molar-refractivity contribution in [3.8, 4) is 5.75 Å². The maximum Gasteiger partial charge on any atom is 0.119 e. The van der Waals surface area contributed by atoms with Gasteiger partial charge in [-0.25, -0.2) is 0 Å². The minimum absolute atomic E-state index is 0.303. The van der Waals surface area contributed by atoms with Crippen LogP contribution in [0.1, 0.15) is 5.56 Å². The molecule has 0 unspecified atom stereocenters. The van der Waals surface area contributed by atoms with E-state index in [1.807, 2.05) is 24.3 Å². The number of ether oxygens (including phenoxy) is 3. The molecule has 1 aromatic rings. The summed E-state index contributed by atoms with van der Waals surface area (Å²) in [6.07, 6.45) is -0.512. The molecule has 2 N–H and O–H groups in total. The Hall–Kier alpha value is -1.14. The minimum atomic E-state index is -0.512. The van der Waals surface area contributed by atoms with Crippen LogP contribution in [-0.2, 0) is 16.1 Å². The second-order valence-corrected chi connectivity index (χ2v) is 4.22. The lowest BCUT2D eigenvalue weighted by Crippen LogP contribution is -2.32. The summed E-state index contributed by atoms with van der Waals surface area (Å²) in [4.78, 5) is 0. The largest absolute Gasteiger partial charge is 0.497 e. The van der Waals surface area contributed by atoms with E-state index in [2.05, 4.69) is 5.32 Å². The maximum absolute atomic E-state index is 9.67. The SMILES string of the molecule is COCCNC[C@H](O)COCc1cccc(OC)c1. The fraction of sp³-hybridized carbons (Fsp3) is 0.571. The monoisotopic (exact) mass is 269 g/mol. The lowest BCUT2D eigenvalue weighted by atomic mass is 10.2. The quantitative estimate of drug-likeness (QED) is 0.616. The highest BCUT2D eigenvalue weighted by Crippen LogP contribution is 2.13. The molecule has 0 spiro atoms. The number of benzene rings is 1. The van der Waals surface area contributed by atoms with Gasteiger partial charge in [-0.15, -0.1) is 0 Å². The number of methoxy groups -OCH3 is 2. The number of rotatable bonds is 10. The zero-order valence-electron chi connectivity index (χ0n) is 11.6. The minimum Gasteiger partial charge on any atom is -0.497 e. The number of hydrogen-bond acceptors (Lipinski definition) is 5. The summed E-state index contributed by atoms with van der Waals surface area (Å²) in [5.74, 6) is 0.808. The first-order valence-corrected chi connectivity index (χ1v) is 6.34. The predicted molar refractivity (Wildman–Crippen MR) is 73.4 cm³/mol. The maximum atomic E-state index is 9.67. The van der Waals surface area contributed by atoms with E-state index in [0.717, 1.165) is 17.9 Å². The molecule has 1 rings (SSSR count). The van der Waals surface area contributed by atoms with Crippen molar-refractivity contribution in [3.63, 3.8) is 0 Å². The highest BCUT2D eigenvalue weighted by atomic mass is 16.5. The molecule has 0 radical (unpaired) electrons. The average molecular weight is 269 g/mol. The molecule has 0 amide bonds. The molecular weight excluding hydrogens is 246 g/mol. The Balaban J connectivity index is 2.15. The van der Waals surface area contributed by atoms with E-state index < -0.39 is 6.10 Å². The smallest absolute Gasteiger partial charge is 0.119 e. The van der Waals surface area contributed by atoms with Crippen molar-refractivity contribution in [3.05, 3.63) is 29.8 Å². The Labute approximate surface area is 114 Å². The molecule has 0 heterocycles. The summed E-state index contributed by atoms with van der Waals surface area (Å²) >= 11 is 0. The Kier molecular flexibility index (Phi) is 8.16. The Morgan fingerprint density at radius 1 is 1.32 bits per heavy atom. The molecule has 0 aliphatic carbocycles. The van der Waals surface area contributed by atoms with Gasteiger partial charge < -0.3 is 24.6 Å². The molecule has 0 saturated heterocycles. The fourth-order valence-corrected chi connectivity index (χ4v) is 1.58. The van der Waals surface area contributed by atoms with Crippen molar-refractivity contribution in [2.24, 2.45) is 0 Å². The summed E-state index contributed by atoms with van der Waals surface area (Å²) in [5, 5.41) is 12.8. The van der Waals surface area contributed by atoms with Crippen LogP contribution in [0.4, 0.5) is 0 Å². The second kappa shape index (κ2) is 9.75. The number of aliphatic hydroxyl groups excluding tert-OH is 1. The zero-order chi connectivity index (χ0) is 13.9. The Morgan fingerprint density at radius 3 is 2.89 bits per heavy atom. The number of nitrogens with one attached hydrogen (secondary N) is 1. The van der Waals surface area contributed by atoms with E-state index in [9.17, 15) is 5.11 Å². The van der Waals surface area contributed by atoms with Gasteiger partial charge in [0.05, 0.1) is 33.0 Å². The van der Waals surface area contributed by atoms with Gasteiger partial charge in [-0.2, -0.15) is 0 Å². The van der Waals surface area contributed by atoms with Crippen molar-refractivity contribution in [1.82, 2.24) is 5.32 Å². The molecule has 5 heteroatoms. The first-order chi connectivity index (χ1) is 9.26. The van der Waals surface area contributed by atoms with Gasteiger partial charge in [0.25, 0.3) is 0 Å². The Morgan fingerprint density at radius 2 is 2.16 bits per heavy atom. The molecule has 1 atom stereocenters. The summed E-state index contributed by atoms with van der Waals surface area (Å²) in [5.41, 5.74) is 1.03. The van der Waals surface area contributed by atoms with Crippen molar-refractivity contribution in [1.29, 1.82) is 0 Å². The van der Waals surface area contributed by atoms with E-state index >= 15 is 0 Å². The fourth-order valence-electron chi connectivity index (χ4n) is 1.58. The van der Waals surface area contributed by atoms with Crippen LogP contribution in [0.5, 0.6) is 5.75 Å². The van der Waals surface area contributed by atoms with Gasteiger partial charge in [0.2, 0.25) is 0 Å². The number of aliphatic hydroxyl groups is 1. The summed E-state index contributed by atoms with van der Waals surface area (Å²) in [6.45, 7) is 2.63. The molecule has 5 nitrogen and oxygen atoms in total. The van der Waals surface area contributed by atoms with Crippen LogP contribution in [0.25, 0.3) is 0 Å². The molecule has 19 heavy (non-hydrogen) atoms. The number of hydrogen-bond donors (Lipinski definition) is 2. The van der Waals surface area contributed by atoms with Gasteiger partial charge in [-0.3, -0.25) is 0 Å². The van der Waals surface area contributed by atoms with Crippen molar-refractivity contribution >= 4 is 0 Å². The third kappa shape index (κ3) is 7.12. The van der Waals surface area contributed by atoms with E-state index in [0.29, 0.717) is 26.4 Å². The standard InChI is InChI=1S/C14H23NO4/c1-17-7-6-15-9-13(16)11-19-10-12-4-3-5-14(8-12)18-2/h3-5,8,13,15-16H,6-7,9-11H2,1-2H3/t13-/m0/s1. The summed E-state index contributed by atoms with van der Waals surface area (Å²) in [7, 11) is 3.28. The third-order valence-electron chi connectivity index (χ3n) is 2.58. The van der Waals surface area contributed by atoms with Crippen molar-refractivity contribution < 1.29 is 19.3 Å². The lowest BCUT2D eigenvalue weighted by molar-refractivity contribution is 0.0282. The Bertz CT molecular complexity index is 346. The van der Waals surface area contributed by atoms with Gasteiger partial charge in [0.1, 0.15) is 5.75 Å². The first-order valence-electron chi connectivity index (χ1n) is 6.34. The van der Waals surface area contributed by atoms with Gasteiger partial charge in [-0.05, 0) is 17.7 Å². The molecule has 0 saturated carbocycles. The molecular formula is C14H23NO4. The van der Waals surface area contributed by atoms with Crippen LogP contribution in [0.3, 0.4) is 0 Å². The molecule has 1 aromatic carbocycles. The molecule has 0 aliphatic heterocycles. The average Bonchev–Trinajstić information content (AvgIpc) is 2.44. The van der Waals surface area contributed by atoms with Crippen LogP contribution in [0.15, 0.2) is 24.3 Å². The second-order valence-electron chi connectivity index (χ2n) is 4.22. The van der Waals surface area contributed by atoms with E-state index in [1.54, 1.807) is 14.2 Å². The van der Waals surface area contributed by atoms with Crippen molar-refractivity contribution in [2.75, 3.05) is 40.5 Å². The predicted octanol–water partition coefficient (Wildman–Crippen LogP) is 0.809. The summed E-state index contributed by atoms with van der Waals surface area (Å²) in [6, 6.07) is 7.69. The normalized spacial score (nSPS) is 12.4. The first kappa shape index (κ1) is 15.9. The zero-order valence-corrected chi connectivity index (χ0v) is 11.6. The molecule has 108 valence electrons. The lowest BCUT2D eigenvalue weighted by Gasteiger charge is -2.12. The van der Waals surface area contributed by atoms with Gasteiger partial charge in [0.15, 0.2) is 0 Å². The van der Waals surface area contributed by atoms with E-state index in [1.165, 1.54) is 0 Å².